The van der Waals surface area contributed by atoms with E-state index >= 15 is 0 Å². The second kappa shape index (κ2) is 7.08. The quantitative estimate of drug-likeness (QED) is 0.870. The fraction of sp³-hybridized carbons (Fsp3) is 0.529. The molecule has 3 heterocycles. The Morgan fingerprint density at radius 2 is 2.12 bits per heavy atom. The highest BCUT2D eigenvalue weighted by atomic mass is 16.2. The van der Waals surface area contributed by atoms with Gasteiger partial charge in [0.15, 0.2) is 0 Å². The van der Waals surface area contributed by atoms with Crippen LogP contribution in [0.5, 0.6) is 0 Å². The summed E-state index contributed by atoms with van der Waals surface area (Å²) in [5.41, 5.74) is 1.01. The number of H-pyrrole nitrogens is 1. The normalized spacial score (nSPS) is 17.7. The molecule has 0 bridgehead atoms. The molecule has 25 heavy (non-hydrogen) atoms. The van der Waals surface area contributed by atoms with Crippen molar-refractivity contribution in [3.8, 4) is 0 Å². The Balaban J connectivity index is 1.75. The molecule has 0 radical (unpaired) electrons. The number of likely N-dealkylation sites (tertiary alicyclic amines) is 1. The molecule has 1 unspecified atom stereocenters. The van der Waals surface area contributed by atoms with Crippen LogP contribution in [-0.2, 0) is 17.9 Å². The first-order valence-electron chi connectivity index (χ1n) is 8.54. The van der Waals surface area contributed by atoms with Crippen LogP contribution in [0.1, 0.15) is 30.7 Å². The van der Waals surface area contributed by atoms with E-state index < -0.39 is 11.2 Å². The van der Waals surface area contributed by atoms with E-state index in [9.17, 15) is 14.4 Å². The highest BCUT2D eigenvalue weighted by Gasteiger charge is 2.27. The molecule has 8 nitrogen and oxygen atoms in total. The van der Waals surface area contributed by atoms with Crippen LogP contribution < -0.4 is 11.2 Å². The lowest BCUT2D eigenvalue weighted by molar-refractivity contribution is -0.136. The van der Waals surface area contributed by atoms with Crippen LogP contribution in [0.3, 0.4) is 0 Å². The van der Waals surface area contributed by atoms with Crippen molar-refractivity contribution in [2.24, 2.45) is 0 Å². The molecule has 134 valence electrons. The Morgan fingerprint density at radius 1 is 1.32 bits per heavy atom. The van der Waals surface area contributed by atoms with Crippen molar-refractivity contribution < 1.29 is 4.79 Å². The van der Waals surface area contributed by atoms with Gasteiger partial charge in [0.2, 0.25) is 5.91 Å². The van der Waals surface area contributed by atoms with Gasteiger partial charge in [0.25, 0.3) is 5.56 Å². The van der Waals surface area contributed by atoms with E-state index in [-0.39, 0.29) is 18.5 Å². The molecule has 3 rings (SSSR count). The van der Waals surface area contributed by atoms with Gasteiger partial charge in [0.05, 0.1) is 18.3 Å². The van der Waals surface area contributed by atoms with Crippen molar-refractivity contribution in [1.29, 1.82) is 0 Å². The molecule has 1 amide bonds. The largest absolute Gasteiger partial charge is 0.336 e. The molecular formula is C17H23N5O3. The van der Waals surface area contributed by atoms with Gasteiger partial charge in [-0.15, -0.1) is 0 Å². The number of hydrogen-bond acceptors (Lipinski definition) is 4. The van der Waals surface area contributed by atoms with Crippen molar-refractivity contribution in [3.05, 3.63) is 50.6 Å². The zero-order chi connectivity index (χ0) is 18.0. The van der Waals surface area contributed by atoms with Crippen LogP contribution in [0.2, 0.25) is 0 Å². The Bertz CT molecular complexity index is 879. The molecule has 0 spiro atoms. The number of hydrogen-bond donors (Lipinski definition) is 1. The van der Waals surface area contributed by atoms with Gasteiger partial charge in [0, 0.05) is 24.5 Å². The van der Waals surface area contributed by atoms with Gasteiger partial charge in [0.1, 0.15) is 6.54 Å². The Labute approximate surface area is 145 Å². The van der Waals surface area contributed by atoms with Crippen molar-refractivity contribution in [2.45, 2.75) is 52.2 Å². The van der Waals surface area contributed by atoms with Gasteiger partial charge in [-0.05, 0) is 39.2 Å². The number of nitrogens with one attached hydrogen (secondary N) is 1. The predicted molar refractivity (Wildman–Crippen MR) is 92.4 cm³/mol. The van der Waals surface area contributed by atoms with E-state index in [4.69, 9.17) is 0 Å². The minimum absolute atomic E-state index is 0.0662. The topological polar surface area (TPSA) is 93.0 Å². The maximum Gasteiger partial charge on any atom is 0.328 e. The van der Waals surface area contributed by atoms with E-state index in [1.165, 1.54) is 16.8 Å². The minimum atomic E-state index is -0.562. The van der Waals surface area contributed by atoms with Crippen molar-refractivity contribution >= 4 is 5.91 Å². The number of aryl methyl sites for hydroxylation is 2. The smallest absolute Gasteiger partial charge is 0.328 e. The van der Waals surface area contributed by atoms with E-state index in [1.807, 2.05) is 29.5 Å². The number of aromatic amines is 1. The molecule has 2 aromatic rings. The molecule has 1 aliphatic heterocycles. The Kier molecular flexibility index (Phi) is 4.87. The van der Waals surface area contributed by atoms with Crippen LogP contribution in [0.4, 0.5) is 0 Å². The number of carbonyl (C=O) groups excluding carboxylic acids is 1. The fourth-order valence-electron chi connectivity index (χ4n) is 3.38. The minimum Gasteiger partial charge on any atom is -0.336 e. The SMILES string of the molecule is Cc1cc(C)n(CC2CCCCN2C(=O)Cn2ccc(=O)[nH]c2=O)n1. The van der Waals surface area contributed by atoms with E-state index in [1.54, 1.807) is 0 Å². The summed E-state index contributed by atoms with van der Waals surface area (Å²) < 4.78 is 3.18. The second-order valence-corrected chi connectivity index (χ2v) is 6.58. The van der Waals surface area contributed by atoms with Gasteiger partial charge in [-0.2, -0.15) is 5.10 Å². The summed E-state index contributed by atoms with van der Waals surface area (Å²) in [5, 5.41) is 4.49. The maximum absolute atomic E-state index is 12.7. The van der Waals surface area contributed by atoms with Crippen molar-refractivity contribution in [1.82, 2.24) is 24.2 Å². The summed E-state index contributed by atoms with van der Waals surface area (Å²) in [5.74, 6) is -0.111. The number of rotatable bonds is 4. The van der Waals surface area contributed by atoms with Crippen LogP contribution in [-0.4, -0.2) is 42.7 Å². The summed E-state index contributed by atoms with van der Waals surface area (Å²) in [6.45, 7) is 5.24. The third-order valence-electron chi connectivity index (χ3n) is 4.64. The average molecular weight is 345 g/mol. The first-order chi connectivity index (χ1) is 11.9. The lowest BCUT2D eigenvalue weighted by Crippen LogP contribution is -2.48. The molecule has 0 aromatic carbocycles. The predicted octanol–water partition coefficient (Wildman–Crippen LogP) is 0.431. The number of piperidine rings is 1. The lowest BCUT2D eigenvalue weighted by atomic mass is 10.0. The van der Waals surface area contributed by atoms with E-state index in [0.717, 1.165) is 30.7 Å². The number of carbonyl (C=O) groups is 1. The molecule has 1 fully saturated rings. The van der Waals surface area contributed by atoms with Crippen molar-refractivity contribution in [3.63, 3.8) is 0 Å². The monoisotopic (exact) mass is 345 g/mol. The highest BCUT2D eigenvalue weighted by Crippen LogP contribution is 2.19. The summed E-state index contributed by atoms with van der Waals surface area (Å²) in [4.78, 5) is 39.7. The molecule has 2 aromatic heterocycles. The van der Waals surface area contributed by atoms with Crippen LogP contribution in [0, 0.1) is 13.8 Å². The van der Waals surface area contributed by atoms with Gasteiger partial charge in [-0.1, -0.05) is 0 Å². The summed E-state index contributed by atoms with van der Waals surface area (Å²) in [6, 6.07) is 3.34. The van der Waals surface area contributed by atoms with Gasteiger partial charge < -0.3 is 4.90 Å². The Morgan fingerprint density at radius 3 is 2.80 bits per heavy atom. The van der Waals surface area contributed by atoms with Crippen LogP contribution in [0.15, 0.2) is 27.9 Å². The van der Waals surface area contributed by atoms with Gasteiger partial charge in [-0.3, -0.25) is 23.8 Å². The van der Waals surface area contributed by atoms with Gasteiger partial charge >= 0.3 is 5.69 Å². The van der Waals surface area contributed by atoms with Crippen LogP contribution in [0.25, 0.3) is 0 Å². The molecule has 1 atom stereocenters. The summed E-state index contributed by atoms with van der Waals surface area (Å²) >= 11 is 0. The number of amides is 1. The maximum atomic E-state index is 12.7. The van der Waals surface area contributed by atoms with E-state index in [0.29, 0.717) is 13.1 Å². The lowest BCUT2D eigenvalue weighted by Gasteiger charge is -2.36. The second-order valence-electron chi connectivity index (χ2n) is 6.58. The summed E-state index contributed by atoms with van der Waals surface area (Å²) in [7, 11) is 0. The third kappa shape index (κ3) is 3.89. The molecular weight excluding hydrogens is 322 g/mol. The third-order valence-corrected chi connectivity index (χ3v) is 4.64. The Hall–Kier alpha value is -2.64. The standard InChI is InChI=1S/C17H23N5O3/c1-12-9-13(2)22(19-12)10-14-5-3-4-7-21(14)16(24)11-20-8-6-15(23)18-17(20)25/h6,8-9,14H,3-5,7,10-11H2,1-2H3,(H,18,23,25). The molecule has 0 saturated carbocycles. The first kappa shape index (κ1) is 17.2. The number of aromatic nitrogens is 4. The zero-order valence-electron chi connectivity index (χ0n) is 14.6. The zero-order valence-corrected chi connectivity index (χ0v) is 14.6. The van der Waals surface area contributed by atoms with Crippen LogP contribution >= 0.6 is 0 Å². The first-order valence-corrected chi connectivity index (χ1v) is 8.54. The molecule has 1 saturated heterocycles. The van der Waals surface area contributed by atoms with Gasteiger partial charge in [-0.25, -0.2) is 4.79 Å². The fourth-order valence-corrected chi connectivity index (χ4v) is 3.38. The molecule has 0 aliphatic carbocycles. The van der Waals surface area contributed by atoms with E-state index in [2.05, 4.69) is 10.1 Å². The summed E-state index contributed by atoms with van der Waals surface area (Å²) in [6.07, 6.45) is 4.32. The molecule has 8 heteroatoms. The molecule has 1 aliphatic rings. The average Bonchev–Trinajstić information content (AvgIpc) is 2.88. The highest BCUT2D eigenvalue weighted by molar-refractivity contribution is 5.76. The molecule has 1 N–H and O–H groups in total. The number of nitrogens with zero attached hydrogens (tertiary/aromatic N) is 4. The van der Waals surface area contributed by atoms with Crippen molar-refractivity contribution in [2.75, 3.05) is 6.54 Å².